The van der Waals surface area contributed by atoms with Gasteiger partial charge in [0.05, 0.1) is 54.6 Å². The number of hydrogen-bond acceptors (Lipinski definition) is 7. The lowest BCUT2D eigenvalue weighted by atomic mass is 10.1. The Hall–Kier alpha value is -4.47. The molecule has 3 aromatic rings. The molecule has 184 valence electrons. The van der Waals surface area contributed by atoms with Crippen LogP contribution in [0.3, 0.4) is 0 Å². The average molecular weight is 486 g/mol. The van der Waals surface area contributed by atoms with Gasteiger partial charge in [0.1, 0.15) is 23.4 Å². The molecule has 2 aromatic heterocycles. The Morgan fingerprint density at radius 1 is 1.25 bits per heavy atom. The maximum Gasteiger partial charge on any atom is 0.246 e. The standard InChI is InChI=1S/C27H27N5O4/c1-5-24(33)31-9-8-19(15-31)32-23(16-34-2)22(25-26(32)18(13-28)14-30-27(25)29)7-6-17-10-20(35-3)12-21(11-17)36-4/h5,10-12,14,19H,1,8-9,15-16H2,2-4H3,(H2,29,30). The zero-order chi connectivity index (χ0) is 25.8. The molecule has 1 unspecified atom stereocenters. The summed E-state index contributed by atoms with van der Waals surface area (Å²) in [7, 11) is 4.75. The number of rotatable bonds is 6. The maximum atomic E-state index is 12.3. The minimum Gasteiger partial charge on any atom is -0.497 e. The van der Waals surface area contributed by atoms with E-state index in [0.717, 1.165) is 5.69 Å². The largest absolute Gasteiger partial charge is 0.497 e. The van der Waals surface area contributed by atoms with Gasteiger partial charge in [0.25, 0.3) is 0 Å². The van der Waals surface area contributed by atoms with Crippen molar-refractivity contribution in [1.29, 1.82) is 5.26 Å². The number of nitriles is 1. The van der Waals surface area contributed by atoms with Crippen LogP contribution in [0.2, 0.25) is 0 Å². The van der Waals surface area contributed by atoms with E-state index >= 15 is 0 Å². The predicted molar refractivity (Wildman–Crippen MR) is 136 cm³/mol. The van der Waals surface area contributed by atoms with E-state index in [4.69, 9.17) is 19.9 Å². The number of nitrogens with zero attached hydrogens (tertiary/aromatic N) is 4. The minimum absolute atomic E-state index is 0.0945. The number of benzene rings is 1. The van der Waals surface area contributed by atoms with E-state index < -0.39 is 0 Å². The van der Waals surface area contributed by atoms with Crippen LogP contribution in [0, 0.1) is 23.2 Å². The van der Waals surface area contributed by atoms with Gasteiger partial charge in [0, 0.05) is 38.0 Å². The fourth-order valence-corrected chi connectivity index (χ4v) is 4.61. The van der Waals surface area contributed by atoms with Crippen LogP contribution in [0.5, 0.6) is 11.5 Å². The molecule has 1 saturated heterocycles. The second kappa shape index (κ2) is 10.4. The van der Waals surface area contributed by atoms with Crippen molar-refractivity contribution < 1.29 is 19.0 Å². The third kappa shape index (κ3) is 4.45. The molecule has 9 nitrogen and oxygen atoms in total. The van der Waals surface area contributed by atoms with Crippen molar-refractivity contribution in [2.75, 3.05) is 40.2 Å². The Bertz CT molecular complexity index is 1420. The molecule has 1 aromatic carbocycles. The van der Waals surface area contributed by atoms with Gasteiger partial charge in [0.15, 0.2) is 0 Å². The van der Waals surface area contributed by atoms with Crippen LogP contribution in [-0.4, -0.2) is 54.8 Å². The first kappa shape index (κ1) is 24.6. The van der Waals surface area contributed by atoms with E-state index in [9.17, 15) is 10.1 Å². The van der Waals surface area contributed by atoms with Gasteiger partial charge in [-0.1, -0.05) is 18.4 Å². The number of fused-ring (bicyclic) bond motifs is 1. The van der Waals surface area contributed by atoms with Crippen LogP contribution >= 0.6 is 0 Å². The highest BCUT2D eigenvalue weighted by atomic mass is 16.5. The Labute approximate surface area is 209 Å². The van der Waals surface area contributed by atoms with Crippen LogP contribution in [0.25, 0.3) is 10.9 Å². The molecule has 1 aliphatic heterocycles. The van der Waals surface area contributed by atoms with Crippen LogP contribution in [0.15, 0.2) is 37.1 Å². The molecule has 0 spiro atoms. The van der Waals surface area contributed by atoms with Gasteiger partial charge in [-0.25, -0.2) is 4.98 Å². The minimum atomic E-state index is -0.129. The molecule has 9 heteroatoms. The number of methoxy groups -OCH3 is 3. The molecule has 1 atom stereocenters. The highest BCUT2D eigenvalue weighted by Gasteiger charge is 2.32. The van der Waals surface area contributed by atoms with Crippen molar-refractivity contribution in [1.82, 2.24) is 14.5 Å². The van der Waals surface area contributed by atoms with Crippen molar-refractivity contribution in [3.63, 3.8) is 0 Å². The van der Waals surface area contributed by atoms with Crippen molar-refractivity contribution in [3.8, 4) is 29.4 Å². The quantitative estimate of drug-likeness (QED) is 0.421. The zero-order valence-electron chi connectivity index (χ0n) is 20.5. The second-order valence-electron chi connectivity index (χ2n) is 8.30. The van der Waals surface area contributed by atoms with Crippen LogP contribution in [-0.2, 0) is 16.1 Å². The summed E-state index contributed by atoms with van der Waals surface area (Å²) >= 11 is 0. The zero-order valence-corrected chi connectivity index (χ0v) is 20.5. The number of pyridine rings is 1. The number of carbonyl (C=O) groups is 1. The van der Waals surface area contributed by atoms with E-state index in [2.05, 4.69) is 29.5 Å². The fraction of sp³-hybridized carbons (Fsp3) is 0.296. The van der Waals surface area contributed by atoms with Gasteiger partial charge in [-0.05, 0) is 24.6 Å². The second-order valence-corrected chi connectivity index (χ2v) is 8.30. The normalized spacial score (nSPS) is 14.7. The van der Waals surface area contributed by atoms with E-state index in [1.807, 2.05) is 16.7 Å². The molecule has 0 aliphatic carbocycles. The molecular formula is C27H27N5O4. The lowest BCUT2D eigenvalue weighted by Gasteiger charge is -2.19. The summed E-state index contributed by atoms with van der Waals surface area (Å²) in [5.74, 6) is 7.81. The molecule has 2 N–H and O–H groups in total. The number of hydrogen-bond donors (Lipinski definition) is 1. The lowest BCUT2D eigenvalue weighted by Crippen LogP contribution is -2.27. The highest BCUT2D eigenvalue weighted by molar-refractivity contribution is 5.99. The summed E-state index contributed by atoms with van der Waals surface area (Å²) in [5.41, 5.74) is 9.45. The Morgan fingerprint density at radius 3 is 2.58 bits per heavy atom. The van der Waals surface area contributed by atoms with Crippen LogP contribution < -0.4 is 15.2 Å². The molecule has 1 amide bonds. The Kier molecular flexibility index (Phi) is 7.14. The number of anilines is 1. The SMILES string of the molecule is C=CC(=O)N1CCC(n2c(COC)c(C#Cc3cc(OC)cc(OC)c3)c3c(N)ncc(C#N)c32)C1. The van der Waals surface area contributed by atoms with Crippen molar-refractivity contribution >= 4 is 22.6 Å². The molecular weight excluding hydrogens is 458 g/mol. The van der Waals surface area contributed by atoms with Gasteiger partial charge in [0.2, 0.25) is 5.91 Å². The number of carbonyl (C=O) groups excluding carboxylic acids is 1. The molecule has 0 radical (unpaired) electrons. The molecule has 3 heterocycles. The first-order valence-electron chi connectivity index (χ1n) is 11.3. The predicted octanol–water partition coefficient (Wildman–Crippen LogP) is 3.01. The Balaban J connectivity index is 1.96. The van der Waals surface area contributed by atoms with E-state index in [1.54, 1.807) is 32.3 Å². The third-order valence-electron chi connectivity index (χ3n) is 6.25. The Morgan fingerprint density at radius 2 is 1.97 bits per heavy atom. The van der Waals surface area contributed by atoms with Crippen molar-refractivity contribution in [2.24, 2.45) is 0 Å². The van der Waals surface area contributed by atoms with E-state index in [1.165, 1.54) is 12.3 Å². The summed E-state index contributed by atoms with van der Waals surface area (Å²) in [5, 5.41) is 10.5. The topological polar surface area (TPSA) is 116 Å². The van der Waals surface area contributed by atoms with Gasteiger partial charge in [-0.2, -0.15) is 5.26 Å². The first-order valence-corrected chi connectivity index (χ1v) is 11.3. The smallest absolute Gasteiger partial charge is 0.246 e. The summed E-state index contributed by atoms with van der Waals surface area (Å²) < 4.78 is 18.3. The monoisotopic (exact) mass is 485 g/mol. The molecule has 36 heavy (non-hydrogen) atoms. The van der Waals surface area contributed by atoms with Crippen LogP contribution in [0.1, 0.15) is 34.8 Å². The number of aromatic nitrogens is 2. The van der Waals surface area contributed by atoms with Gasteiger partial charge >= 0.3 is 0 Å². The number of ether oxygens (including phenoxy) is 3. The summed E-state index contributed by atoms with van der Waals surface area (Å²) in [6, 6.07) is 7.53. The highest BCUT2D eigenvalue weighted by Crippen LogP contribution is 2.37. The molecule has 0 bridgehead atoms. The van der Waals surface area contributed by atoms with E-state index in [0.29, 0.717) is 58.6 Å². The van der Waals surface area contributed by atoms with Gasteiger partial charge in [-0.3, -0.25) is 4.79 Å². The molecule has 4 rings (SSSR count). The molecule has 1 aliphatic rings. The number of nitrogens with two attached hydrogens (primary N) is 1. The molecule has 0 saturated carbocycles. The van der Waals surface area contributed by atoms with E-state index in [-0.39, 0.29) is 24.4 Å². The summed E-state index contributed by atoms with van der Waals surface area (Å²) in [4.78, 5) is 18.3. The van der Waals surface area contributed by atoms with Crippen molar-refractivity contribution in [3.05, 3.63) is 59.4 Å². The van der Waals surface area contributed by atoms with Gasteiger partial charge in [-0.15, -0.1) is 0 Å². The molecule has 1 fully saturated rings. The number of likely N-dealkylation sites (tertiary alicyclic amines) is 1. The lowest BCUT2D eigenvalue weighted by molar-refractivity contribution is -0.125. The van der Waals surface area contributed by atoms with Gasteiger partial charge < -0.3 is 29.4 Å². The summed E-state index contributed by atoms with van der Waals surface area (Å²) in [6.07, 6.45) is 3.48. The first-order chi connectivity index (χ1) is 17.4. The maximum absolute atomic E-state index is 12.3. The van der Waals surface area contributed by atoms with Crippen molar-refractivity contribution in [2.45, 2.75) is 19.1 Å². The van der Waals surface area contributed by atoms with Crippen LogP contribution in [0.4, 0.5) is 5.82 Å². The third-order valence-corrected chi connectivity index (χ3v) is 6.25. The number of amides is 1. The average Bonchev–Trinajstić information content (AvgIpc) is 3.50. The fourth-order valence-electron chi connectivity index (χ4n) is 4.61. The summed E-state index contributed by atoms with van der Waals surface area (Å²) in [6.45, 7) is 4.88. The number of nitrogen functional groups attached to an aromatic ring is 1.